The first kappa shape index (κ1) is 19.0. The van der Waals surface area contributed by atoms with Gasteiger partial charge in [0.05, 0.1) is 12.0 Å². The molecular weight excluding hydrogens is 381 g/mol. The smallest absolute Gasteiger partial charge is 0.434 e. The number of aromatic nitrogens is 2. The van der Waals surface area contributed by atoms with Crippen molar-refractivity contribution < 1.29 is 26.3 Å². The number of methoxy groups -OCH3 is 1. The zero-order chi connectivity index (χ0) is 19.8. The number of hydrogen-bond acceptors (Lipinski definition) is 4. The second kappa shape index (κ2) is 6.73. The van der Waals surface area contributed by atoms with Crippen LogP contribution in [0.4, 0.5) is 13.2 Å². The van der Waals surface area contributed by atoms with E-state index in [-0.39, 0.29) is 10.7 Å². The second-order valence-electron chi connectivity index (χ2n) is 5.81. The average molecular weight is 396 g/mol. The summed E-state index contributed by atoms with van der Waals surface area (Å²) in [5.41, 5.74) is -0.227. The SMILES string of the molecule is COc1ccc(-n2cc(C(F)(F)F)nc2-c2ccc(S(C)(=O)=O)cc2)cc1. The van der Waals surface area contributed by atoms with E-state index in [9.17, 15) is 21.6 Å². The molecule has 2 aromatic carbocycles. The van der Waals surface area contributed by atoms with Crippen LogP contribution in [0.2, 0.25) is 0 Å². The third-order valence-corrected chi connectivity index (χ3v) is 5.02. The summed E-state index contributed by atoms with van der Waals surface area (Å²) in [6.07, 6.45) is -2.65. The van der Waals surface area contributed by atoms with Gasteiger partial charge in [-0.1, -0.05) is 0 Å². The van der Waals surface area contributed by atoms with Crippen LogP contribution in [-0.4, -0.2) is 31.3 Å². The summed E-state index contributed by atoms with van der Waals surface area (Å²) in [7, 11) is -1.92. The Balaban J connectivity index is 2.14. The highest BCUT2D eigenvalue weighted by Gasteiger charge is 2.35. The Morgan fingerprint density at radius 3 is 2.07 bits per heavy atom. The fourth-order valence-electron chi connectivity index (χ4n) is 2.51. The quantitative estimate of drug-likeness (QED) is 0.670. The van der Waals surface area contributed by atoms with E-state index in [0.717, 1.165) is 12.5 Å². The van der Waals surface area contributed by atoms with Gasteiger partial charge >= 0.3 is 6.18 Å². The second-order valence-corrected chi connectivity index (χ2v) is 7.83. The van der Waals surface area contributed by atoms with Crippen LogP contribution >= 0.6 is 0 Å². The maximum Gasteiger partial charge on any atom is 0.434 e. The highest BCUT2D eigenvalue weighted by atomic mass is 32.2. The molecule has 0 aliphatic rings. The molecular formula is C18H15F3N2O3S. The molecule has 0 radical (unpaired) electrons. The molecule has 142 valence electrons. The van der Waals surface area contributed by atoms with Crippen LogP contribution in [0.3, 0.4) is 0 Å². The third-order valence-electron chi connectivity index (χ3n) is 3.89. The monoisotopic (exact) mass is 396 g/mol. The molecule has 0 amide bonds. The fraction of sp³-hybridized carbons (Fsp3) is 0.167. The molecule has 9 heteroatoms. The van der Waals surface area contributed by atoms with Crippen LogP contribution in [-0.2, 0) is 16.0 Å². The zero-order valence-corrected chi connectivity index (χ0v) is 15.2. The van der Waals surface area contributed by atoms with Crippen LogP contribution in [0, 0.1) is 0 Å². The van der Waals surface area contributed by atoms with Crippen LogP contribution < -0.4 is 4.74 Å². The van der Waals surface area contributed by atoms with Crippen LogP contribution in [0.1, 0.15) is 5.69 Å². The number of ether oxygens (including phenoxy) is 1. The molecule has 1 heterocycles. The average Bonchev–Trinajstić information content (AvgIpc) is 3.07. The Morgan fingerprint density at radius 2 is 1.59 bits per heavy atom. The van der Waals surface area contributed by atoms with Crippen molar-refractivity contribution in [1.82, 2.24) is 9.55 Å². The number of hydrogen-bond donors (Lipinski definition) is 0. The highest BCUT2D eigenvalue weighted by Crippen LogP contribution is 2.33. The van der Waals surface area contributed by atoms with Gasteiger partial charge in [-0.05, 0) is 48.5 Å². The summed E-state index contributed by atoms with van der Waals surface area (Å²) in [6.45, 7) is 0. The Kier molecular flexibility index (Phi) is 4.73. The predicted molar refractivity (Wildman–Crippen MR) is 93.7 cm³/mol. The summed E-state index contributed by atoms with van der Waals surface area (Å²) in [5, 5.41) is 0. The van der Waals surface area contributed by atoms with E-state index in [4.69, 9.17) is 4.74 Å². The number of rotatable bonds is 4. The standard InChI is InChI=1S/C18H15F3N2O3S/c1-26-14-7-5-13(6-8-14)23-11-16(18(19,20)21)22-17(23)12-3-9-15(10-4-12)27(2,24)25/h3-11H,1-2H3. The topological polar surface area (TPSA) is 61.2 Å². The number of alkyl halides is 3. The van der Waals surface area contributed by atoms with E-state index >= 15 is 0 Å². The Bertz CT molecular complexity index is 1050. The van der Waals surface area contributed by atoms with Crippen molar-refractivity contribution in [3.63, 3.8) is 0 Å². The fourth-order valence-corrected chi connectivity index (χ4v) is 3.14. The van der Waals surface area contributed by atoms with Crippen molar-refractivity contribution in [1.29, 1.82) is 0 Å². The number of benzene rings is 2. The molecule has 5 nitrogen and oxygen atoms in total. The van der Waals surface area contributed by atoms with Crippen molar-refractivity contribution in [3.05, 3.63) is 60.4 Å². The minimum atomic E-state index is -4.61. The van der Waals surface area contributed by atoms with E-state index in [0.29, 0.717) is 17.0 Å². The first-order valence-electron chi connectivity index (χ1n) is 7.71. The van der Waals surface area contributed by atoms with E-state index in [1.54, 1.807) is 24.3 Å². The van der Waals surface area contributed by atoms with Gasteiger partial charge in [0.15, 0.2) is 15.5 Å². The lowest BCUT2D eigenvalue weighted by molar-refractivity contribution is -0.140. The highest BCUT2D eigenvalue weighted by molar-refractivity contribution is 7.90. The lowest BCUT2D eigenvalue weighted by Gasteiger charge is -2.09. The van der Waals surface area contributed by atoms with Gasteiger partial charge in [-0.15, -0.1) is 0 Å². The van der Waals surface area contributed by atoms with Crippen LogP contribution in [0.15, 0.2) is 59.6 Å². The molecule has 0 bridgehead atoms. The van der Waals surface area contributed by atoms with Crippen molar-refractivity contribution in [2.24, 2.45) is 0 Å². The maximum absolute atomic E-state index is 13.2. The van der Waals surface area contributed by atoms with Crippen molar-refractivity contribution in [3.8, 4) is 22.8 Å². The van der Waals surface area contributed by atoms with Crippen LogP contribution in [0.25, 0.3) is 17.1 Å². The lowest BCUT2D eigenvalue weighted by atomic mass is 10.2. The number of imidazole rings is 1. The Labute approximate surface area is 154 Å². The van der Waals surface area contributed by atoms with Gasteiger partial charge in [0.1, 0.15) is 11.6 Å². The van der Waals surface area contributed by atoms with Gasteiger partial charge in [0.25, 0.3) is 0 Å². The third kappa shape index (κ3) is 3.97. The molecule has 1 aromatic heterocycles. The van der Waals surface area contributed by atoms with Crippen molar-refractivity contribution in [2.75, 3.05) is 13.4 Å². The molecule has 0 aliphatic carbocycles. The van der Waals surface area contributed by atoms with Crippen LogP contribution in [0.5, 0.6) is 5.75 Å². The first-order chi connectivity index (χ1) is 12.6. The van der Waals surface area contributed by atoms with Gasteiger partial charge < -0.3 is 4.74 Å². The largest absolute Gasteiger partial charge is 0.497 e. The normalized spacial score (nSPS) is 12.2. The summed E-state index contributed by atoms with van der Waals surface area (Å²) in [6, 6.07) is 12.0. The minimum absolute atomic E-state index is 0.0487. The van der Waals surface area contributed by atoms with Gasteiger partial charge in [-0.3, -0.25) is 4.57 Å². The van der Waals surface area contributed by atoms with Gasteiger partial charge in [0.2, 0.25) is 0 Å². The zero-order valence-electron chi connectivity index (χ0n) is 14.4. The van der Waals surface area contributed by atoms with E-state index in [1.807, 2.05) is 0 Å². The molecule has 0 unspecified atom stereocenters. The predicted octanol–water partition coefficient (Wildman–Crippen LogP) is 3.97. The molecule has 27 heavy (non-hydrogen) atoms. The molecule has 0 aliphatic heterocycles. The van der Waals surface area contributed by atoms with Crippen molar-refractivity contribution in [2.45, 2.75) is 11.1 Å². The van der Waals surface area contributed by atoms with Crippen molar-refractivity contribution >= 4 is 9.84 Å². The molecule has 3 rings (SSSR count). The number of nitrogens with zero attached hydrogens (tertiary/aromatic N) is 2. The molecule has 0 atom stereocenters. The van der Waals surface area contributed by atoms with E-state index in [2.05, 4.69) is 4.98 Å². The maximum atomic E-state index is 13.2. The molecule has 3 aromatic rings. The van der Waals surface area contributed by atoms with E-state index in [1.165, 1.54) is 35.9 Å². The lowest BCUT2D eigenvalue weighted by Crippen LogP contribution is -2.05. The summed E-state index contributed by atoms with van der Waals surface area (Å²) in [4.78, 5) is 3.79. The Morgan fingerprint density at radius 1 is 1.00 bits per heavy atom. The van der Waals surface area contributed by atoms with Gasteiger partial charge in [0, 0.05) is 23.7 Å². The molecule has 0 fully saturated rings. The first-order valence-corrected chi connectivity index (χ1v) is 9.60. The summed E-state index contributed by atoms with van der Waals surface area (Å²) < 4.78 is 69.1. The Hall–Kier alpha value is -2.81. The molecule has 0 saturated carbocycles. The number of halogens is 3. The van der Waals surface area contributed by atoms with Gasteiger partial charge in [-0.25, -0.2) is 13.4 Å². The van der Waals surface area contributed by atoms with E-state index < -0.39 is 21.7 Å². The molecule has 0 saturated heterocycles. The van der Waals surface area contributed by atoms with Gasteiger partial charge in [-0.2, -0.15) is 13.2 Å². The number of sulfone groups is 1. The molecule has 0 spiro atoms. The summed E-state index contributed by atoms with van der Waals surface area (Å²) >= 11 is 0. The minimum Gasteiger partial charge on any atom is -0.497 e. The molecule has 0 N–H and O–H groups in total. The summed E-state index contributed by atoms with van der Waals surface area (Å²) in [5.74, 6) is 0.613.